The second-order valence-corrected chi connectivity index (χ2v) is 8.58. The van der Waals surface area contributed by atoms with Crippen LogP contribution in [-0.4, -0.2) is 30.4 Å². The van der Waals surface area contributed by atoms with Gasteiger partial charge in [0, 0.05) is 0 Å². The minimum atomic E-state index is -0.884. The fourth-order valence-corrected chi connectivity index (χ4v) is 3.94. The summed E-state index contributed by atoms with van der Waals surface area (Å²) in [6, 6.07) is 18.5. The van der Waals surface area contributed by atoms with E-state index in [0.29, 0.717) is 40.5 Å². The van der Waals surface area contributed by atoms with Crippen molar-refractivity contribution >= 4 is 29.2 Å². The summed E-state index contributed by atoms with van der Waals surface area (Å²) < 4.78 is 17.9. The molecular weight excluding hydrogens is 475 g/mol. The molecule has 3 aromatic carbocycles. The van der Waals surface area contributed by atoms with E-state index in [4.69, 9.17) is 42.5 Å². The van der Waals surface area contributed by atoms with E-state index >= 15 is 0 Å². The number of rotatable bonds is 7. The molecule has 0 unspecified atom stereocenters. The van der Waals surface area contributed by atoms with E-state index in [0.717, 1.165) is 16.7 Å². The molecule has 0 bridgehead atoms. The molecule has 0 radical (unpaired) electrons. The zero-order chi connectivity index (χ0) is 24.1. The van der Waals surface area contributed by atoms with Crippen LogP contribution in [0.5, 0.6) is 17.2 Å². The summed E-state index contributed by atoms with van der Waals surface area (Å²) in [5.74, 6) is 6.46. The highest BCUT2D eigenvalue weighted by Crippen LogP contribution is 2.37. The minimum absolute atomic E-state index is 0.0437. The van der Waals surface area contributed by atoms with E-state index < -0.39 is 5.97 Å². The molecule has 0 fully saturated rings. The molecule has 0 spiro atoms. The first-order valence-electron chi connectivity index (χ1n) is 10.7. The first kappa shape index (κ1) is 23.8. The van der Waals surface area contributed by atoms with Gasteiger partial charge in [0.25, 0.3) is 0 Å². The molecule has 4 rings (SSSR count). The molecule has 0 aliphatic carbocycles. The molecule has 3 aromatic rings. The number of halogens is 2. The van der Waals surface area contributed by atoms with Gasteiger partial charge in [0.15, 0.2) is 17.6 Å². The quantitative estimate of drug-likeness (QED) is 0.380. The standard InChI is InChI=1S/C27H22Cl2O5/c1-2-3-18(14-27(30)31)17-4-8-21(9-5-17)32-15-22-16-33-25-11-7-20(13-26(25)34-22)19-6-10-23(28)24(29)12-19/h4-13,18,22H,14-16H2,1H3,(H,30,31)/t18-,22-/m0/s1. The maximum Gasteiger partial charge on any atom is 0.304 e. The van der Waals surface area contributed by atoms with Crippen LogP contribution in [0.3, 0.4) is 0 Å². The van der Waals surface area contributed by atoms with E-state index in [2.05, 4.69) is 11.8 Å². The smallest absolute Gasteiger partial charge is 0.304 e. The van der Waals surface area contributed by atoms with Gasteiger partial charge in [-0.1, -0.05) is 53.4 Å². The number of fused-ring (bicyclic) bond motifs is 1. The Morgan fingerprint density at radius 2 is 1.79 bits per heavy atom. The van der Waals surface area contributed by atoms with Crippen molar-refractivity contribution in [3.8, 4) is 40.2 Å². The van der Waals surface area contributed by atoms with Crippen molar-refractivity contribution in [3.05, 3.63) is 76.3 Å². The van der Waals surface area contributed by atoms with E-state index in [1.807, 2.05) is 54.6 Å². The molecule has 5 nitrogen and oxygen atoms in total. The van der Waals surface area contributed by atoms with E-state index in [-0.39, 0.29) is 18.4 Å². The van der Waals surface area contributed by atoms with Gasteiger partial charge in [0.1, 0.15) is 19.0 Å². The van der Waals surface area contributed by atoms with Gasteiger partial charge in [-0.25, -0.2) is 0 Å². The molecule has 0 aromatic heterocycles. The Morgan fingerprint density at radius 1 is 1.06 bits per heavy atom. The predicted molar refractivity (Wildman–Crippen MR) is 132 cm³/mol. The van der Waals surface area contributed by atoms with E-state index in [1.54, 1.807) is 13.0 Å². The summed E-state index contributed by atoms with van der Waals surface area (Å²) in [5.41, 5.74) is 2.70. The highest BCUT2D eigenvalue weighted by atomic mass is 35.5. The first-order valence-corrected chi connectivity index (χ1v) is 11.4. The zero-order valence-corrected chi connectivity index (χ0v) is 19.9. The first-order chi connectivity index (χ1) is 16.4. The number of hydrogen-bond acceptors (Lipinski definition) is 4. The molecule has 174 valence electrons. The van der Waals surface area contributed by atoms with Crippen molar-refractivity contribution in [2.45, 2.75) is 25.4 Å². The van der Waals surface area contributed by atoms with Gasteiger partial charge in [-0.05, 0) is 60.0 Å². The molecule has 0 saturated carbocycles. The van der Waals surface area contributed by atoms with Gasteiger partial charge in [0.05, 0.1) is 22.4 Å². The maximum atomic E-state index is 11.1. The van der Waals surface area contributed by atoms with Crippen LogP contribution in [0.2, 0.25) is 10.0 Å². The Hall–Kier alpha value is -3.33. The van der Waals surface area contributed by atoms with E-state index in [1.165, 1.54) is 0 Å². The van der Waals surface area contributed by atoms with Gasteiger partial charge >= 0.3 is 5.97 Å². The average molecular weight is 497 g/mol. The largest absolute Gasteiger partial charge is 0.490 e. The monoisotopic (exact) mass is 496 g/mol. The zero-order valence-electron chi connectivity index (χ0n) is 18.4. The number of carbonyl (C=O) groups is 1. The van der Waals surface area contributed by atoms with Crippen LogP contribution in [0.4, 0.5) is 0 Å². The lowest BCUT2D eigenvalue weighted by Gasteiger charge is -2.27. The number of hydrogen-bond donors (Lipinski definition) is 1. The summed E-state index contributed by atoms with van der Waals surface area (Å²) in [6.07, 6.45) is -0.334. The third-order valence-corrected chi connectivity index (χ3v) is 6.07. The lowest BCUT2D eigenvalue weighted by atomic mass is 9.96. The Bertz CT molecular complexity index is 1240. The lowest BCUT2D eigenvalue weighted by Crippen LogP contribution is -2.34. The van der Waals surface area contributed by atoms with Crippen molar-refractivity contribution in [1.29, 1.82) is 0 Å². The molecule has 2 atom stereocenters. The number of carboxylic acids is 1. The molecule has 34 heavy (non-hydrogen) atoms. The second-order valence-electron chi connectivity index (χ2n) is 7.77. The Balaban J connectivity index is 1.40. The van der Waals surface area contributed by atoms with E-state index in [9.17, 15) is 4.79 Å². The van der Waals surface area contributed by atoms with Crippen molar-refractivity contribution < 1.29 is 24.1 Å². The van der Waals surface area contributed by atoms with Crippen LogP contribution >= 0.6 is 23.2 Å². The summed E-state index contributed by atoms with van der Waals surface area (Å²) in [4.78, 5) is 11.1. The lowest BCUT2D eigenvalue weighted by molar-refractivity contribution is -0.137. The Labute approximate surface area is 208 Å². The summed E-state index contributed by atoms with van der Waals surface area (Å²) in [7, 11) is 0. The van der Waals surface area contributed by atoms with Gasteiger partial charge in [-0.2, -0.15) is 0 Å². The Kier molecular flexibility index (Phi) is 7.52. The summed E-state index contributed by atoms with van der Waals surface area (Å²) in [6.45, 7) is 2.36. The van der Waals surface area contributed by atoms with Crippen LogP contribution in [0.15, 0.2) is 60.7 Å². The molecule has 1 aliphatic heterocycles. The van der Waals surface area contributed by atoms with Crippen LogP contribution in [-0.2, 0) is 4.79 Å². The van der Waals surface area contributed by atoms with Gasteiger partial charge in [0.2, 0.25) is 0 Å². The number of carboxylic acid groups (broad SMARTS) is 1. The van der Waals surface area contributed by atoms with Crippen molar-refractivity contribution in [2.75, 3.05) is 13.2 Å². The fourth-order valence-electron chi connectivity index (χ4n) is 3.64. The van der Waals surface area contributed by atoms with Crippen LogP contribution in [0, 0.1) is 11.8 Å². The van der Waals surface area contributed by atoms with Gasteiger partial charge in [-0.15, -0.1) is 5.92 Å². The maximum absolute atomic E-state index is 11.1. The third kappa shape index (κ3) is 5.77. The molecule has 0 amide bonds. The fraction of sp³-hybridized carbons (Fsp3) is 0.222. The van der Waals surface area contributed by atoms with Crippen molar-refractivity contribution in [2.24, 2.45) is 0 Å². The number of aliphatic carboxylic acids is 1. The van der Waals surface area contributed by atoms with Crippen molar-refractivity contribution in [1.82, 2.24) is 0 Å². The highest BCUT2D eigenvalue weighted by molar-refractivity contribution is 6.42. The van der Waals surface area contributed by atoms with Crippen LogP contribution < -0.4 is 14.2 Å². The van der Waals surface area contributed by atoms with Crippen LogP contribution in [0.1, 0.15) is 24.8 Å². The third-order valence-electron chi connectivity index (χ3n) is 5.33. The molecule has 1 N–H and O–H groups in total. The second kappa shape index (κ2) is 10.7. The highest BCUT2D eigenvalue weighted by Gasteiger charge is 2.22. The average Bonchev–Trinajstić information content (AvgIpc) is 2.84. The Morgan fingerprint density at radius 3 is 2.50 bits per heavy atom. The molecule has 0 saturated heterocycles. The summed E-state index contributed by atoms with van der Waals surface area (Å²) in [5, 5.41) is 10.1. The predicted octanol–water partition coefficient (Wildman–Crippen LogP) is 6.46. The molecule has 7 heteroatoms. The topological polar surface area (TPSA) is 65.0 Å². The molecule has 1 heterocycles. The van der Waals surface area contributed by atoms with Crippen molar-refractivity contribution in [3.63, 3.8) is 0 Å². The number of benzene rings is 3. The summed E-state index contributed by atoms with van der Waals surface area (Å²) >= 11 is 12.2. The van der Waals surface area contributed by atoms with Crippen LogP contribution in [0.25, 0.3) is 11.1 Å². The SMILES string of the molecule is CC#C[C@@H](CC(=O)O)c1ccc(OC[C@H]2COc3ccc(-c4ccc(Cl)c(Cl)c4)cc3O2)cc1. The van der Waals surface area contributed by atoms with Gasteiger partial charge < -0.3 is 19.3 Å². The normalized spacial score (nSPS) is 15.1. The van der Waals surface area contributed by atoms with Gasteiger partial charge in [-0.3, -0.25) is 4.79 Å². The molecule has 1 aliphatic rings. The minimum Gasteiger partial charge on any atom is -0.490 e. The molecular formula is C27H22Cl2O5. The number of ether oxygens (including phenoxy) is 3.